The second kappa shape index (κ2) is 11.4. The fourth-order valence-corrected chi connectivity index (χ4v) is 4.79. The maximum Gasteiger partial charge on any atom is 0.491 e. The average molecular weight is 528 g/mol. The van der Waals surface area contributed by atoms with Crippen LogP contribution in [0, 0.1) is 0 Å². The monoisotopic (exact) mass is 528 g/mol. The predicted molar refractivity (Wildman–Crippen MR) is 143 cm³/mol. The second-order valence-corrected chi connectivity index (χ2v) is 9.48. The van der Waals surface area contributed by atoms with E-state index < -0.39 is 20.2 Å². The number of aromatic carboxylic acids is 1. The van der Waals surface area contributed by atoms with Gasteiger partial charge in [0.15, 0.2) is 0 Å². The van der Waals surface area contributed by atoms with Crippen LogP contribution >= 0.6 is 0 Å². The highest BCUT2D eigenvalue weighted by atomic mass is 16.5. The van der Waals surface area contributed by atoms with Crippen LogP contribution in [0.5, 0.6) is 0 Å². The molecule has 10 nitrogen and oxygen atoms in total. The number of carboxylic acid groups (broad SMARTS) is 1. The van der Waals surface area contributed by atoms with Gasteiger partial charge in [0.2, 0.25) is 0 Å². The molecule has 2 heterocycles. The summed E-state index contributed by atoms with van der Waals surface area (Å²) < 4.78 is 10.5. The zero-order valence-corrected chi connectivity index (χ0v) is 21.0. The van der Waals surface area contributed by atoms with Crippen molar-refractivity contribution in [1.29, 1.82) is 0 Å². The van der Waals surface area contributed by atoms with Crippen molar-refractivity contribution in [3.8, 4) is 0 Å². The van der Waals surface area contributed by atoms with Gasteiger partial charge in [-0.2, -0.15) is 0 Å². The molecule has 3 aromatic rings. The van der Waals surface area contributed by atoms with Gasteiger partial charge in [-0.1, -0.05) is 18.2 Å². The Labute approximate surface area is 225 Å². The van der Waals surface area contributed by atoms with Crippen LogP contribution < -0.4 is 21.6 Å². The first-order valence-corrected chi connectivity index (χ1v) is 12.6. The lowest BCUT2D eigenvalue weighted by molar-refractivity contribution is 0.0696. The van der Waals surface area contributed by atoms with E-state index in [0.29, 0.717) is 59.2 Å². The minimum atomic E-state index is -1.14. The van der Waals surface area contributed by atoms with Crippen LogP contribution in [0.2, 0.25) is 0 Å². The van der Waals surface area contributed by atoms with Crippen LogP contribution in [-0.2, 0) is 35.2 Å². The molecule has 0 saturated heterocycles. The normalized spacial score (nSPS) is 14.3. The molecular weight excluding hydrogens is 502 g/mol. The largest absolute Gasteiger partial charge is 0.491 e. The van der Waals surface area contributed by atoms with E-state index in [4.69, 9.17) is 9.31 Å². The first kappa shape index (κ1) is 26.6. The Hall–Kier alpha value is -3.96. The van der Waals surface area contributed by atoms with E-state index >= 15 is 0 Å². The molecule has 0 aromatic heterocycles. The van der Waals surface area contributed by atoms with Gasteiger partial charge in [-0.05, 0) is 82.4 Å². The molecule has 0 aliphatic carbocycles. The Kier molecular flexibility index (Phi) is 7.80. The van der Waals surface area contributed by atoms with Gasteiger partial charge in [-0.25, -0.2) is 4.79 Å². The van der Waals surface area contributed by atoms with Crippen molar-refractivity contribution in [2.75, 3.05) is 13.2 Å². The van der Waals surface area contributed by atoms with Crippen molar-refractivity contribution in [3.63, 3.8) is 0 Å². The van der Waals surface area contributed by atoms with E-state index in [-0.39, 0.29) is 30.5 Å². The molecule has 39 heavy (non-hydrogen) atoms. The summed E-state index contributed by atoms with van der Waals surface area (Å²) in [6, 6.07) is 14.7. The first-order chi connectivity index (χ1) is 18.8. The molecule has 0 saturated carbocycles. The Morgan fingerprint density at radius 2 is 1.15 bits per heavy atom. The molecule has 0 bridgehead atoms. The number of nitrogens with one attached hydrogen (secondary N) is 2. The van der Waals surface area contributed by atoms with Crippen molar-refractivity contribution in [1.82, 2.24) is 10.6 Å². The standard InChI is InChI=1S/C27H26B2N2O8/c32-25(20-3-1-18-5-7-38-28(36)23(18)12-20)30-14-16-9-17(11-22(10-16)27(34)35)15-31-26(33)21-4-2-19-6-8-39-29(37)24(19)13-21/h1-4,9-13,36-37H,5-8,14-15H2,(H,30,32)(H,31,33)(H,34,35). The summed E-state index contributed by atoms with van der Waals surface area (Å²) >= 11 is 0. The summed E-state index contributed by atoms with van der Waals surface area (Å²) in [5.74, 6) is -1.91. The molecule has 5 N–H and O–H groups in total. The molecule has 2 amide bonds. The Balaban J connectivity index is 1.26. The van der Waals surface area contributed by atoms with Gasteiger partial charge in [0.25, 0.3) is 11.8 Å². The molecular formula is C27H26B2N2O8. The molecule has 12 heteroatoms. The van der Waals surface area contributed by atoms with Gasteiger partial charge in [0, 0.05) is 37.4 Å². The molecule has 2 aliphatic heterocycles. The third kappa shape index (κ3) is 6.04. The van der Waals surface area contributed by atoms with Crippen LogP contribution in [0.3, 0.4) is 0 Å². The molecule has 0 unspecified atom stereocenters. The third-order valence-electron chi connectivity index (χ3n) is 6.85. The fraction of sp³-hybridized carbons (Fsp3) is 0.222. The zero-order chi connectivity index (χ0) is 27.5. The molecule has 198 valence electrons. The van der Waals surface area contributed by atoms with Gasteiger partial charge in [0.05, 0.1) is 5.56 Å². The first-order valence-electron chi connectivity index (χ1n) is 12.6. The van der Waals surface area contributed by atoms with Gasteiger partial charge in [-0.3, -0.25) is 9.59 Å². The van der Waals surface area contributed by atoms with E-state index in [9.17, 15) is 29.5 Å². The highest BCUT2D eigenvalue weighted by Crippen LogP contribution is 2.14. The molecule has 2 aliphatic rings. The Bertz CT molecular complexity index is 1350. The summed E-state index contributed by atoms with van der Waals surface area (Å²) in [6.45, 7) is 0.932. The smallest absolute Gasteiger partial charge is 0.478 e. The van der Waals surface area contributed by atoms with Gasteiger partial charge in [0.1, 0.15) is 0 Å². The summed E-state index contributed by atoms with van der Waals surface area (Å²) in [5.41, 5.74) is 4.76. The fourth-order valence-electron chi connectivity index (χ4n) is 4.79. The highest BCUT2D eigenvalue weighted by molar-refractivity contribution is 6.61. The lowest BCUT2D eigenvalue weighted by atomic mass is 9.73. The number of hydrogen-bond acceptors (Lipinski definition) is 7. The predicted octanol–water partition coefficient (Wildman–Crippen LogP) is -0.235. The van der Waals surface area contributed by atoms with Gasteiger partial charge < -0.3 is 35.1 Å². The maximum atomic E-state index is 12.8. The number of rotatable bonds is 7. The summed E-state index contributed by atoms with van der Waals surface area (Å²) in [4.78, 5) is 37.3. The number of carbonyl (C=O) groups is 3. The van der Waals surface area contributed by atoms with Crippen molar-refractivity contribution in [3.05, 3.63) is 93.5 Å². The van der Waals surface area contributed by atoms with E-state index in [1.807, 2.05) is 0 Å². The topological polar surface area (TPSA) is 154 Å². The lowest BCUT2D eigenvalue weighted by Crippen LogP contribution is -2.42. The SMILES string of the molecule is O=C(O)c1cc(CNC(=O)c2ccc3c(c2)B(O)OCC3)cc(CNC(=O)c2ccc3c(c2)B(O)OCC3)c1. The van der Waals surface area contributed by atoms with Crippen LogP contribution in [-0.4, -0.2) is 60.4 Å². The number of benzene rings is 3. The summed E-state index contributed by atoms with van der Waals surface area (Å²) in [7, 11) is -2.16. The van der Waals surface area contributed by atoms with Crippen molar-refractivity contribution in [2.24, 2.45) is 0 Å². The highest BCUT2D eigenvalue weighted by Gasteiger charge is 2.27. The lowest BCUT2D eigenvalue weighted by Gasteiger charge is -2.19. The second-order valence-electron chi connectivity index (χ2n) is 9.48. The van der Waals surface area contributed by atoms with Crippen LogP contribution in [0.4, 0.5) is 0 Å². The number of carboxylic acids is 1. The van der Waals surface area contributed by atoms with Crippen LogP contribution in [0.1, 0.15) is 53.3 Å². The molecule has 0 radical (unpaired) electrons. The van der Waals surface area contributed by atoms with E-state index in [0.717, 1.165) is 11.1 Å². The minimum absolute atomic E-state index is 0.0223. The molecule has 5 rings (SSSR count). The van der Waals surface area contributed by atoms with Crippen molar-refractivity contribution in [2.45, 2.75) is 25.9 Å². The van der Waals surface area contributed by atoms with Crippen LogP contribution in [0.15, 0.2) is 54.6 Å². The number of fused-ring (bicyclic) bond motifs is 2. The molecule has 0 fully saturated rings. The van der Waals surface area contributed by atoms with E-state index in [1.54, 1.807) is 42.5 Å². The molecule has 0 atom stereocenters. The summed E-state index contributed by atoms with van der Waals surface area (Å²) in [5, 5.41) is 35.2. The van der Waals surface area contributed by atoms with E-state index in [1.165, 1.54) is 12.1 Å². The van der Waals surface area contributed by atoms with Gasteiger partial charge in [-0.15, -0.1) is 0 Å². The zero-order valence-electron chi connectivity index (χ0n) is 21.0. The molecule has 3 aromatic carbocycles. The van der Waals surface area contributed by atoms with Crippen molar-refractivity contribution >= 4 is 42.9 Å². The molecule has 0 spiro atoms. The Morgan fingerprint density at radius 3 is 1.59 bits per heavy atom. The number of amides is 2. The number of hydrogen-bond donors (Lipinski definition) is 5. The van der Waals surface area contributed by atoms with E-state index in [2.05, 4.69) is 10.6 Å². The summed E-state index contributed by atoms with van der Waals surface area (Å²) in [6.07, 6.45) is 1.30. The third-order valence-corrected chi connectivity index (χ3v) is 6.85. The maximum absolute atomic E-state index is 12.8. The van der Waals surface area contributed by atoms with Gasteiger partial charge >= 0.3 is 20.2 Å². The van der Waals surface area contributed by atoms with Crippen molar-refractivity contribution < 1.29 is 38.8 Å². The Morgan fingerprint density at radius 1 is 0.692 bits per heavy atom. The number of carbonyl (C=O) groups excluding carboxylic acids is 2. The minimum Gasteiger partial charge on any atom is -0.478 e. The van der Waals surface area contributed by atoms with Crippen LogP contribution in [0.25, 0.3) is 0 Å². The average Bonchev–Trinajstić information content (AvgIpc) is 2.94. The quantitative estimate of drug-likeness (QED) is 0.264.